The summed E-state index contributed by atoms with van der Waals surface area (Å²) >= 11 is 2.15. The molecule has 2 N–H and O–H groups in total. The van der Waals surface area contributed by atoms with Gasteiger partial charge in [-0.05, 0) is 31.2 Å². The van der Waals surface area contributed by atoms with Gasteiger partial charge >= 0.3 is 0 Å². The lowest BCUT2D eigenvalue weighted by atomic mass is 10.1. The lowest BCUT2D eigenvalue weighted by Gasteiger charge is -2.34. The molecule has 1 unspecified atom stereocenters. The van der Waals surface area contributed by atoms with Crippen LogP contribution in [0.1, 0.15) is 26.2 Å². The summed E-state index contributed by atoms with van der Waals surface area (Å²) in [4.78, 5) is 2.64. The highest BCUT2D eigenvalue weighted by Gasteiger charge is 2.42. The first-order valence-electron chi connectivity index (χ1n) is 5.82. The molecule has 2 aliphatic rings. The van der Waals surface area contributed by atoms with Gasteiger partial charge < -0.3 is 10.6 Å². The molecular formula is C11H22N2S. The minimum absolute atomic E-state index is 0.528. The largest absolute Gasteiger partial charge is 0.330 e. The van der Waals surface area contributed by atoms with Crippen LogP contribution in [-0.2, 0) is 0 Å². The minimum atomic E-state index is 0.528. The van der Waals surface area contributed by atoms with Crippen molar-refractivity contribution >= 4 is 11.8 Å². The highest BCUT2D eigenvalue weighted by atomic mass is 32.2. The van der Waals surface area contributed by atoms with Crippen LogP contribution in [-0.4, -0.2) is 42.1 Å². The number of hydrogen-bond acceptors (Lipinski definition) is 3. The van der Waals surface area contributed by atoms with Gasteiger partial charge in [0.25, 0.3) is 0 Å². The van der Waals surface area contributed by atoms with Crippen LogP contribution in [0, 0.1) is 5.41 Å². The van der Waals surface area contributed by atoms with Crippen LogP contribution in [0.15, 0.2) is 0 Å². The normalized spacial score (nSPS) is 31.7. The van der Waals surface area contributed by atoms with E-state index in [9.17, 15) is 0 Å². The van der Waals surface area contributed by atoms with E-state index in [-0.39, 0.29) is 0 Å². The molecule has 1 heterocycles. The van der Waals surface area contributed by atoms with Crippen LogP contribution >= 0.6 is 11.8 Å². The Morgan fingerprint density at radius 2 is 2.29 bits per heavy atom. The zero-order valence-electron chi connectivity index (χ0n) is 9.17. The van der Waals surface area contributed by atoms with Crippen LogP contribution in [0.2, 0.25) is 0 Å². The zero-order valence-corrected chi connectivity index (χ0v) is 9.98. The molecule has 2 fully saturated rings. The van der Waals surface area contributed by atoms with Crippen LogP contribution in [0.5, 0.6) is 0 Å². The summed E-state index contributed by atoms with van der Waals surface area (Å²) in [6, 6.07) is 0. The molecule has 2 rings (SSSR count). The van der Waals surface area contributed by atoms with Gasteiger partial charge in [-0.25, -0.2) is 0 Å². The molecule has 14 heavy (non-hydrogen) atoms. The molecule has 1 atom stereocenters. The fraction of sp³-hybridized carbons (Fsp3) is 1.00. The second kappa shape index (κ2) is 4.42. The summed E-state index contributed by atoms with van der Waals surface area (Å²) in [5, 5.41) is 0.873. The third kappa shape index (κ3) is 2.44. The van der Waals surface area contributed by atoms with E-state index < -0.39 is 0 Å². The molecule has 1 saturated heterocycles. The van der Waals surface area contributed by atoms with Gasteiger partial charge in [0.15, 0.2) is 0 Å². The molecule has 0 amide bonds. The molecule has 1 saturated carbocycles. The smallest absolute Gasteiger partial charge is 0.0172 e. The second-order valence-electron chi connectivity index (χ2n) is 4.84. The average Bonchev–Trinajstić information content (AvgIpc) is 2.99. The molecule has 1 aliphatic carbocycles. The van der Waals surface area contributed by atoms with Gasteiger partial charge in [0.1, 0.15) is 0 Å². The van der Waals surface area contributed by atoms with Gasteiger partial charge in [0.05, 0.1) is 0 Å². The Hall–Kier alpha value is 0.270. The highest BCUT2D eigenvalue weighted by Crippen LogP contribution is 2.45. The molecule has 0 bridgehead atoms. The van der Waals surface area contributed by atoms with E-state index in [1.807, 2.05) is 0 Å². The third-order valence-corrected chi connectivity index (χ3v) is 5.00. The molecule has 0 aromatic heterocycles. The average molecular weight is 214 g/mol. The number of nitrogens with zero attached hydrogens (tertiary/aromatic N) is 1. The number of thioether (sulfide) groups is 1. The van der Waals surface area contributed by atoms with E-state index in [0.29, 0.717) is 5.41 Å². The van der Waals surface area contributed by atoms with Crippen LogP contribution in [0.3, 0.4) is 0 Å². The predicted octanol–water partition coefficient (Wildman–Crippen LogP) is 1.55. The molecule has 82 valence electrons. The fourth-order valence-electron chi connectivity index (χ4n) is 2.25. The molecule has 2 nitrogen and oxygen atoms in total. The Kier molecular flexibility index (Phi) is 3.40. The molecule has 0 aromatic rings. The Balaban J connectivity index is 1.80. The molecule has 3 heteroatoms. The minimum Gasteiger partial charge on any atom is -0.330 e. The zero-order chi connectivity index (χ0) is 10.0. The van der Waals surface area contributed by atoms with E-state index >= 15 is 0 Å². The number of hydrogen-bond donors (Lipinski definition) is 1. The van der Waals surface area contributed by atoms with Crippen LogP contribution in [0.25, 0.3) is 0 Å². The molecule has 0 radical (unpaired) electrons. The lowest BCUT2D eigenvalue weighted by Crippen LogP contribution is -2.42. The summed E-state index contributed by atoms with van der Waals surface area (Å²) < 4.78 is 0. The van der Waals surface area contributed by atoms with Crippen LogP contribution in [0.4, 0.5) is 0 Å². The first-order chi connectivity index (χ1) is 6.78. The standard InChI is InChI=1S/C11H22N2S/c1-2-10-7-13(5-6-14-10)9-11(8-12)3-4-11/h10H,2-9,12H2,1H3. The van der Waals surface area contributed by atoms with Crippen molar-refractivity contribution in [2.24, 2.45) is 11.1 Å². The quantitative estimate of drug-likeness (QED) is 0.770. The van der Waals surface area contributed by atoms with Crippen molar-refractivity contribution in [1.82, 2.24) is 4.90 Å². The van der Waals surface area contributed by atoms with Crippen molar-refractivity contribution in [2.75, 3.05) is 31.9 Å². The van der Waals surface area contributed by atoms with E-state index in [4.69, 9.17) is 5.73 Å². The Labute approximate surface area is 91.6 Å². The number of nitrogens with two attached hydrogens (primary N) is 1. The molecule has 0 aromatic carbocycles. The monoisotopic (exact) mass is 214 g/mol. The van der Waals surface area contributed by atoms with E-state index in [2.05, 4.69) is 23.6 Å². The van der Waals surface area contributed by atoms with E-state index in [0.717, 1.165) is 11.8 Å². The van der Waals surface area contributed by atoms with Crippen molar-refractivity contribution in [3.63, 3.8) is 0 Å². The van der Waals surface area contributed by atoms with Crippen molar-refractivity contribution < 1.29 is 0 Å². The SMILES string of the molecule is CCC1CN(CC2(CN)CC2)CCS1. The van der Waals surface area contributed by atoms with Gasteiger partial charge in [-0.15, -0.1) is 0 Å². The first-order valence-corrected chi connectivity index (χ1v) is 6.87. The van der Waals surface area contributed by atoms with Gasteiger partial charge in [0, 0.05) is 30.6 Å². The summed E-state index contributed by atoms with van der Waals surface area (Å²) in [5.74, 6) is 1.32. The maximum atomic E-state index is 5.82. The topological polar surface area (TPSA) is 29.3 Å². The van der Waals surface area contributed by atoms with Crippen molar-refractivity contribution in [3.05, 3.63) is 0 Å². The van der Waals surface area contributed by atoms with Crippen molar-refractivity contribution in [3.8, 4) is 0 Å². The summed E-state index contributed by atoms with van der Waals surface area (Å²) in [6.07, 6.45) is 4.05. The maximum Gasteiger partial charge on any atom is 0.0172 e. The Bertz CT molecular complexity index is 192. The summed E-state index contributed by atoms with van der Waals surface area (Å²) in [7, 11) is 0. The van der Waals surface area contributed by atoms with Gasteiger partial charge in [-0.1, -0.05) is 6.92 Å². The predicted molar refractivity (Wildman–Crippen MR) is 63.7 cm³/mol. The molecular weight excluding hydrogens is 192 g/mol. The highest BCUT2D eigenvalue weighted by molar-refractivity contribution is 8.00. The molecule has 1 aliphatic heterocycles. The van der Waals surface area contributed by atoms with Crippen molar-refractivity contribution in [2.45, 2.75) is 31.4 Å². The number of rotatable bonds is 4. The van der Waals surface area contributed by atoms with Gasteiger partial charge in [-0.3, -0.25) is 0 Å². The summed E-state index contributed by atoms with van der Waals surface area (Å²) in [6.45, 7) is 7.04. The maximum absolute atomic E-state index is 5.82. The third-order valence-electron chi connectivity index (χ3n) is 3.63. The first kappa shape index (κ1) is 10.8. The van der Waals surface area contributed by atoms with Crippen LogP contribution < -0.4 is 5.73 Å². The second-order valence-corrected chi connectivity index (χ2v) is 6.25. The fourth-order valence-corrected chi connectivity index (χ4v) is 3.50. The van der Waals surface area contributed by atoms with Crippen molar-refractivity contribution in [1.29, 1.82) is 0 Å². The van der Waals surface area contributed by atoms with Gasteiger partial charge in [0.2, 0.25) is 0 Å². The van der Waals surface area contributed by atoms with E-state index in [1.165, 1.54) is 44.6 Å². The van der Waals surface area contributed by atoms with E-state index in [1.54, 1.807) is 0 Å². The van der Waals surface area contributed by atoms with Gasteiger partial charge in [-0.2, -0.15) is 11.8 Å². The Morgan fingerprint density at radius 1 is 1.50 bits per heavy atom. The molecule has 0 spiro atoms. The Morgan fingerprint density at radius 3 is 2.86 bits per heavy atom. The lowest BCUT2D eigenvalue weighted by molar-refractivity contribution is 0.227. The summed E-state index contributed by atoms with van der Waals surface area (Å²) in [5.41, 5.74) is 6.35.